The number of carbonyl (C=O) groups excluding carboxylic acids is 1. The third-order valence-electron chi connectivity index (χ3n) is 4.59. The fourth-order valence-electron chi connectivity index (χ4n) is 3.02. The van der Waals surface area contributed by atoms with E-state index in [4.69, 9.17) is 15.2 Å². The lowest BCUT2D eigenvalue weighted by Crippen LogP contribution is -2.48. The van der Waals surface area contributed by atoms with E-state index in [1.54, 1.807) is 4.90 Å². The van der Waals surface area contributed by atoms with E-state index in [0.717, 1.165) is 19.3 Å². The smallest absolute Gasteiger partial charge is 0.409 e. The molecular formula is C20H33IN4O3. The van der Waals surface area contributed by atoms with Crippen LogP contribution >= 0.6 is 24.0 Å². The summed E-state index contributed by atoms with van der Waals surface area (Å²) in [6.45, 7) is 6.90. The van der Waals surface area contributed by atoms with Gasteiger partial charge in [0.2, 0.25) is 0 Å². The molecule has 0 aliphatic carbocycles. The van der Waals surface area contributed by atoms with Crippen LogP contribution in [0.2, 0.25) is 0 Å². The summed E-state index contributed by atoms with van der Waals surface area (Å²) in [5.41, 5.74) is 7.15. The van der Waals surface area contributed by atoms with E-state index < -0.39 is 0 Å². The number of nitrogens with one attached hydrogen (secondary N) is 1. The predicted octanol–water partition coefficient (Wildman–Crippen LogP) is 3.30. The molecule has 8 heteroatoms. The minimum atomic E-state index is -0.234. The molecule has 0 saturated carbocycles. The number of benzene rings is 1. The molecule has 0 aromatic heterocycles. The molecule has 1 aromatic rings. The molecule has 1 aliphatic heterocycles. The summed E-state index contributed by atoms with van der Waals surface area (Å²) in [7, 11) is 0. The number of aliphatic imine (C=N–C) groups is 1. The molecule has 1 aliphatic rings. The standard InChI is InChI=1S/C20H32N4O3.HI/c1-3-26-20(25)24-13-10-18(11-14-24)23-19(21)22-12-7-15-27-16(2)17-8-5-4-6-9-17;/h4-6,8-9,16,18H,3,7,10-15H2,1-2H3,(H3,21,22,23);1H. The van der Waals surface area contributed by atoms with Crippen LogP contribution in [-0.2, 0) is 9.47 Å². The molecule has 2 rings (SSSR count). The van der Waals surface area contributed by atoms with Crippen LogP contribution in [0.1, 0.15) is 44.8 Å². The Labute approximate surface area is 185 Å². The predicted molar refractivity (Wildman–Crippen MR) is 122 cm³/mol. The number of likely N-dealkylation sites (tertiary alicyclic amines) is 1. The monoisotopic (exact) mass is 504 g/mol. The highest BCUT2D eigenvalue weighted by atomic mass is 127. The van der Waals surface area contributed by atoms with Crippen molar-refractivity contribution in [1.82, 2.24) is 10.2 Å². The summed E-state index contributed by atoms with van der Waals surface area (Å²) in [6.07, 6.45) is 2.35. The summed E-state index contributed by atoms with van der Waals surface area (Å²) in [5, 5.41) is 3.24. The van der Waals surface area contributed by atoms with Crippen LogP contribution in [0.15, 0.2) is 35.3 Å². The highest BCUT2D eigenvalue weighted by Gasteiger charge is 2.23. The lowest BCUT2D eigenvalue weighted by molar-refractivity contribution is 0.0652. The minimum absolute atomic E-state index is 0. The van der Waals surface area contributed by atoms with Crippen LogP contribution in [0.25, 0.3) is 0 Å². The number of halogens is 1. The van der Waals surface area contributed by atoms with Crippen LogP contribution in [0.3, 0.4) is 0 Å². The van der Waals surface area contributed by atoms with Gasteiger partial charge < -0.3 is 25.4 Å². The molecule has 1 aromatic carbocycles. The molecule has 1 unspecified atom stereocenters. The van der Waals surface area contributed by atoms with Gasteiger partial charge in [0.25, 0.3) is 0 Å². The number of hydrogen-bond acceptors (Lipinski definition) is 4. The molecule has 1 atom stereocenters. The highest BCUT2D eigenvalue weighted by Crippen LogP contribution is 2.16. The molecule has 1 amide bonds. The molecule has 1 fully saturated rings. The van der Waals surface area contributed by atoms with Gasteiger partial charge in [0, 0.05) is 32.3 Å². The number of guanidine groups is 1. The SMILES string of the molecule is CCOC(=O)N1CCC(NC(N)=NCCCOC(C)c2ccccc2)CC1.I. The normalized spacial score (nSPS) is 16.2. The van der Waals surface area contributed by atoms with Gasteiger partial charge in [-0.15, -0.1) is 24.0 Å². The molecule has 7 nitrogen and oxygen atoms in total. The highest BCUT2D eigenvalue weighted by molar-refractivity contribution is 14.0. The second kappa shape index (κ2) is 13.6. The van der Waals surface area contributed by atoms with Crippen molar-refractivity contribution in [3.05, 3.63) is 35.9 Å². The van der Waals surface area contributed by atoms with E-state index in [-0.39, 0.29) is 42.2 Å². The van der Waals surface area contributed by atoms with Gasteiger partial charge in [-0.25, -0.2) is 4.79 Å². The van der Waals surface area contributed by atoms with Crippen molar-refractivity contribution in [2.75, 3.05) is 32.8 Å². The molecule has 158 valence electrons. The topological polar surface area (TPSA) is 89.2 Å². The Morgan fingerprint density at radius 3 is 2.64 bits per heavy atom. The Bertz CT molecular complexity index is 592. The maximum absolute atomic E-state index is 11.7. The van der Waals surface area contributed by atoms with E-state index in [2.05, 4.69) is 29.4 Å². The molecular weight excluding hydrogens is 471 g/mol. The van der Waals surface area contributed by atoms with E-state index in [1.165, 1.54) is 5.56 Å². The van der Waals surface area contributed by atoms with Crippen LogP contribution in [0.4, 0.5) is 4.79 Å². The fraction of sp³-hybridized carbons (Fsp3) is 0.600. The van der Waals surface area contributed by atoms with Gasteiger partial charge in [0.05, 0.1) is 12.7 Å². The number of ether oxygens (including phenoxy) is 2. The Hall–Kier alpha value is -1.55. The third-order valence-corrected chi connectivity index (χ3v) is 4.59. The van der Waals surface area contributed by atoms with Crippen LogP contribution in [-0.4, -0.2) is 55.8 Å². The number of rotatable bonds is 8. The zero-order chi connectivity index (χ0) is 19.5. The summed E-state index contributed by atoms with van der Waals surface area (Å²) in [6, 6.07) is 10.4. The minimum Gasteiger partial charge on any atom is -0.450 e. The Kier molecular flexibility index (Phi) is 11.9. The van der Waals surface area contributed by atoms with Gasteiger partial charge in [-0.05, 0) is 38.7 Å². The average molecular weight is 504 g/mol. The van der Waals surface area contributed by atoms with Crippen molar-refractivity contribution < 1.29 is 14.3 Å². The third kappa shape index (κ3) is 8.64. The van der Waals surface area contributed by atoms with Crippen molar-refractivity contribution in [3.8, 4) is 0 Å². The second-order valence-corrected chi connectivity index (χ2v) is 6.65. The van der Waals surface area contributed by atoms with Crippen molar-refractivity contribution >= 4 is 36.0 Å². The number of nitrogens with zero attached hydrogens (tertiary/aromatic N) is 2. The maximum Gasteiger partial charge on any atom is 0.409 e. The Balaban J connectivity index is 0.00000392. The Morgan fingerprint density at radius 2 is 2.00 bits per heavy atom. The summed E-state index contributed by atoms with van der Waals surface area (Å²) in [4.78, 5) is 17.8. The summed E-state index contributed by atoms with van der Waals surface area (Å²) < 4.78 is 10.9. The van der Waals surface area contributed by atoms with Crippen molar-refractivity contribution in [3.63, 3.8) is 0 Å². The van der Waals surface area contributed by atoms with E-state index >= 15 is 0 Å². The van der Waals surface area contributed by atoms with Gasteiger partial charge in [0.15, 0.2) is 5.96 Å². The maximum atomic E-state index is 11.7. The van der Waals surface area contributed by atoms with Crippen LogP contribution < -0.4 is 11.1 Å². The van der Waals surface area contributed by atoms with Gasteiger partial charge >= 0.3 is 6.09 Å². The van der Waals surface area contributed by atoms with Gasteiger partial charge in [-0.3, -0.25) is 4.99 Å². The first-order valence-corrected chi connectivity index (χ1v) is 9.74. The summed E-state index contributed by atoms with van der Waals surface area (Å²) >= 11 is 0. The van der Waals surface area contributed by atoms with E-state index in [0.29, 0.717) is 38.8 Å². The second-order valence-electron chi connectivity index (χ2n) is 6.65. The molecule has 1 heterocycles. The van der Waals surface area contributed by atoms with Gasteiger partial charge in [-0.1, -0.05) is 30.3 Å². The summed E-state index contributed by atoms with van der Waals surface area (Å²) in [5.74, 6) is 0.459. The van der Waals surface area contributed by atoms with Gasteiger partial charge in [-0.2, -0.15) is 0 Å². The van der Waals surface area contributed by atoms with E-state index in [9.17, 15) is 4.79 Å². The molecule has 28 heavy (non-hydrogen) atoms. The largest absolute Gasteiger partial charge is 0.450 e. The zero-order valence-electron chi connectivity index (χ0n) is 16.8. The number of carbonyl (C=O) groups is 1. The lowest BCUT2D eigenvalue weighted by Gasteiger charge is -2.31. The number of amides is 1. The van der Waals surface area contributed by atoms with Crippen molar-refractivity contribution in [2.24, 2.45) is 10.7 Å². The van der Waals surface area contributed by atoms with Gasteiger partial charge in [0.1, 0.15) is 0 Å². The fourth-order valence-corrected chi connectivity index (χ4v) is 3.02. The zero-order valence-corrected chi connectivity index (χ0v) is 19.1. The quantitative estimate of drug-likeness (QED) is 0.246. The van der Waals surface area contributed by atoms with Crippen molar-refractivity contribution in [2.45, 2.75) is 45.3 Å². The first-order valence-electron chi connectivity index (χ1n) is 9.74. The molecule has 0 radical (unpaired) electrons. The first-order chi connectivity index (χ1) is 13.1. The lowest BCUT2D eigenvalue weighted by atomic mass is 10.1. The first kappa shape index (κ1) is 24.5. The van der Waals surface area contributed by atoms with Crippen LogP contribution in [0.5, 0.6) is 0 Å². The molecule has 1 saturated heterocycles. The van der Waals surface area contributed by atoms with Crippen LogP contribution in [0, 0.1) is 0 Å². The Morgan fingerprint density at radius 1 is 1.32 bits per heavy atom. The van der Waals surface area contributed by atoms with Crippen molar-refractivity contribution in [1.29, 1.82) is 0 Å². The molecule has 0 bridgehead atoms. The molecule has 0 spiro atoms. The number of piperidine rings is 1. The number of nitrogens with two attached hydrogens (primary N) is 1. The number of hydrogen-bond donors (Lipinski definition) is 2. The average Bonchev–Trinajstić information content (AvgIpc) is 2.69. The molecule has 3 N–H and O–H groups in total. The van der Waals surface area contributed by atoms with E-state index in [1.807, 2.05) is 25.1 Å².